The Hall–Kier alpha value is -0.890. The third-order valence-electron chi connectivity index (χ3n) is 3.19. The first-order valence-corrected chi connectivity index (χ1v) is 5.68. The van der Waals surface area contributed by atoms with Crippen molar-refractivity contribution >= 4 is 0 Å². The number of hydrogen-bond acceptors (Lipinski definition) is 1. The van der Waals surface area contributed by atoms with Crippen LogP contribution in [0.1, 0.15) is 38.3 Å². The lowest BCUT2D eigenvalue weighted by Crippen LogP contribution is -2.30. The number of hydrogen-bond donors (Lipinski definition) is 1. The van der Waals surface area contributed by atoms with E-state index in [1.807, 2.05) is 6.07 Å². The Morgan fingerprint density at radius 2 is 2.07 bits per heavy atom. The van der Waals surface area contributed by atoms with E-state index >= 15 is 0 Å². The van der Waals surface area contributed by atoms with Gasteiger partial charge < -0.3 is 5.32 Å². The first-order chi connectivity index (χ1) is 7.16. The van der Waals surface area contributed by atoms with Crippen molar-refractivity contribution in [2.75, 3.05) is 0 Å². The van der Waals surface area contributed by atoms with E-state index in [1.165, 1.54) is 18.9 Å². The second-order valence-corrected chi connectivity index (χ2v) is 4.57. The van der Waals surface area contributed by atoms with Crippen LogP contribution in [-0.4, -0.2) is 6.04 Å². The molecule has 15 heavy (non-hydrogen) atoms. The highest BCUT2D eigenvalue weighted by molar-refractivity contribution is 5.19. The van der Waals surface area contributed by atoms with E-state index in [-0.39, 0.29) is 11.9 Å². The van der Waals surface area contributed by atoms with E-state index in [0.29, 0.717) is 6.04 Å². The molecule has 0 bridgehead atoms. The molecule has 0 radical (unpaired) electrons. The van der Waals surface area contributed by atoms with E-state index in [4.69, 9.17) is 0 Å². The molecule has 2 atom stereocenters. The molecule has 0 heterocycles. The fourth-order valence-electron chi connectivity index (χ4n) is 2.00. The first-order valence-electron chi connectivity index (χ1n) is 5.68. The average molecular weight is 207 g/mol. The smallest absolute Gasteiger partial charge is 0.123 e. The van der Waals surface area contributed by atoms with Gasteiger partial charge in [0.1, 0.15) is 5.82 Å². The molecule has 0 aliphatic heterocycles. The number of benzene rings is 1. The minimum absolute atomic E-state index is 0.153. The van der Waals surface area contributed by atoms with Gasteiger partial charge in [0.25, 0.3) is 0 Å². The van der Waals surface area contributed by atoms with Gasteiger partial charge in [0.2, 0.25) is 0 Å². The highest BCUT2D eigenvalue weighted by Gasteiger charge is 2.28. The minimum Gasteiger partial charge on any atom is -0.307 e. The Kier molecular flexibility index (Phi) is 3.06. The van der Waals surface area contributed by atoms with Crippen molar-refractivity contribution in [1.29, 1.82) is 0 Å². The van der Waals surface area contributed by atoms with Crippen LogP contribution in [0.25, 0.3) is 0 Å². The topological polar surface area (TPSA) is 12.0 Å². The van der Waals surface area contributed by atoms with Crippen LogP contribution >= 0.6 is 0 Å². The van der Waals surface area contributed by atoms with Crippen LogP contribution in [0.2, 0.25) is 0 Å². The van der Waals surface area contributed by atoms with Crippen molar-refractivity contribution in [3.05, 3.63) is 35.6 Å². The van der Waals surface area contributed by atoms with Gasteiger partial charge in [-0.1, -0.05) is 12.1 Å². The molecule has 1 nitrogen and oxygen atoms in total. The van der Waals surface area contributed by atoms with Gasteiger partial charge in [0, 0.05) is 12.1 Å². The van der Waals surface area contributed by atoms with Crippen molar-refractivity contribution in [2.45, 2.75) is 38.8 Å². The predicted octanol–water partition coefficient (Wildman–Crippen LogP) is 3.27. The molecule has 1 fully saturated rings. The highest BCUT2D eigenvalue weighted by atomic mass is 19.1. The molecule has 0 saturated heterocycles. The summed E-state index contributed by atoms with van der Waals surface area (Å²) in [6.07, 6.45) is 2.67. The zero-order valence-electron chi connectivity index (χ0n) is 9.33. The second kappa shape index (κ2) is 4.31. The predicted molar refractivity (Wildman–Crippen MR) is 60.1 cm³/mol. The molecule has 1 saturated carbocycles. The summed E-state index contributed by atoms with van der Waals surface area (Å²) in [5, 5.41) is 3.52. The van der Waals surface area contributed by atoms with Crippen LogP contribution in [0.3, 0.4) is 0 Å². The lowest BCUT2D eigenvalue weighted by molar-refractivity contribution is 0.440. The fourth-order valence-corrected chi connectivity index (χ4v) is 2.00. The van der Waals surface area contributed by atoms with Crippen LogP contribution in [-0.2, 0) is 0 Å². The van der Waals surface area contributed by atoms with Gasteiger partial charge in [-0.3, -0.25) is 0 Å². The van der Waals surface area contributed by atoms with Gasteiger partial charge >= 0.3 is 0 Å². The summed E-state index contributed by atoms with van der Waals surface area (Å²) >= 11 is 0. The minimum atomic E-state index is -0.153. The zero-order chi connectivity index (χ0) is 10.8. The van der Waals surface area contributed by atoms with Crippen LogP contribution in [0, 0.1) is 11.7 Å². The Bertz CT molecular complexity index is 333. The van der Waals surface area contributed by atoms with E-state index < -0.39 is 0 Å². The van der Waals surface area contributed by atoms with Gasteiger partial charge in [-0.2, -0.15) is 0 Å². The van der Waals surface area contributed by atoms with E-state index in [9.17, 15) is 4.39 Å². The zero-order valence-corrected chi connectivity index (χ0v) is 9.33. The van der Waals surface area contributed by atoms with Crippen molar-refractivity contribution < 1.29 is 4.39 Å². The largest absolute Gasteiger partial charge is 0.307 e. The Labute approximate surface area is 90.7 Å². The Balaban J connectivity index is 1.97. The summed E-state index contributed by atoms with van der Waals surface area (Å²) in [6.45, 7) is 4.31. The van der Waals surface area contributed by atoms with Crippen LogP contribution < -0.4 is 5.32 Å². The van der Waals surface area contributed by atoms with Crippen molar-refractivity contribution in [1.82, 2.24) is 5.32 Å². The molecular formula is C13H18FN. The normalized spacial score (nSPS) is 19.9. The second-order valence-electron chi connectivity index (χ2n) is 4.57. The molecule has 0 amide bonds. The monoisotopic (exact) mass is 207 g/mol. The SMILES string of the molecule is CC(N[C@H](C)c1cccc(F)c1)C1CC1. The van der Waals surface area contributed by atoms with Gasteiger partial charge in [0.15, 0.2) is 0 Å². The number of nitrogens with one attached hydrogen (secondary N) is 1. The van der Waals surface area contributed by atoms with Crippen LogP contribution in [0.15, 0.2) is 24.3 Å². The summed E-state index contributed by atoms with van der Waals surface area (Å²) in [5.41, 5.74) is 1.03. The van der Waals surface area contributed by atoms with Gasteiger partial charge in [-0.05, 0) is 50.3 Å². The van der Waals surface area contributed by atoms with E-state index in [2.05, 4.69) is 19.2 Å². The van der Waals surface area contributed by atoms with Crippen LogP contribution in [0.4, 0.5) is 4.39 Å². The molecular weight excluding hydrogens is 189 g/mol. The van der Waals surface area contributed by atoms with Crippen molar-refractivity contribution in [3.8, 4) is 0 Å². The molecule has 1 aromatic carbocycles. The summed E-state index contributed by atoms with van der Waals surface area (Å²) in [5.74, 6) is 0.682. The maximum absolute atomic E-state index is 13.0. The molecule has 1 N–H and O–H groups in total. The third kappa shape index (κ3) is 2.78. The first kappa shape index (κ1) is 10.6. The molecule has 0 spiro atoms. The van der Waals surface area contributed by atoms with Crippen molar-refractivity contribution in [3.63, 3.8) is 0 Å². The molecule has 1 aliphatic carbocycles. The molecule has 2 heteroatoms. The summed E-state index contributed by atoms with van der Waals surface area (Å²) in [7, 11) is 0. The average Bonchev–Trinajstić information content (AvgIpc) is 3.00. The molecule has 1 aliphatic rings. The lowest BCUT2D eigenvalue weighted by atomic mass is 10.1. The fraction of sp³-hybridized carbons (Fsp3) is 0.538. The van der Waals surface area contributed by atoms with Gasteiger partial charge in [-0.15, -0.1) is 0 Å². The van der Waals surface area contributed by atoms with Crippen molar-refractivity contribution in [2.24, 2.45) is 5.92 Å². The summed E-state index contributed by atoms with van der Waals surface area (Å²) in [4.78, 5) is 0. The lowest BCUT2D eigenvalue weighted by Gasteiger charge is -2.20. The maximum atomic E-state index is 13.0. The molecule has 0 aromatic heterocycles. The Morgan fingerprint density at radius 3 is 2.67 bits per heavy atom. The Morgan fingerprint density at radius 1 is 1.33 bits per heavy atom. The molecule has 2 rings (SSSR count). The summed E-state index contributed by atoms with van der Waals surface area (Å²) < 4.78 is 13.0. The summed E-state index contributed by atoms with van der Waals surface area (Å²) in [6, 6.07) is 7.61. The third-order valence-corrected chi connectivity index (χ3v) is 3.19. The maximum Gasteiger partial charge on any atom is 0.123 e. The van der Waals surface area contributed by atoms with Gasteiger partial charge in [0.05, 0.1) is 0 Å². The molecule has 1 aromatic rings. The van der Waals surface area contributed by atoms with E-state index in [0.717, 1.165) is 11.5 Å². The van der Waals surface area contributed by atoms with Gasteiger partial charge in [-0.25, -0.2) is 4.39 Å². The van der Waals surface area contributed by atoms with E-state index in [1.54, 1.807) is 12.1 Å². The molecule has 82 valence electrons. The standard InChI is InChI=1S/C13H18FN/c1-9(11-6-7-11)15-10(2)12-4-3-5-13(14)8-12/h3-5,8-11,15H,6-7H2,1-2H3/t9?,10-/m1/s1. The number of halogens is 1. The molecule has 1 unspecified atom stereocenters. The highest BCUT2D eigenvalue weighted by Crippen LogP contribution is 2.33. The van der Waals surface area contributed by atoms with Crippen LogP contribution in [0.5, 0.6) is 0 Å². The number of rotatable bonds is 4. The quantitative estimate of drug-likeness (QED) is 0.799.